The quantitative estimate of drug-likeness (QED) is 0.518. The molecule has 0 radical (unpaired) electrons. The van der Waals surface area contributed by atoms with E-state index in [9.17, 15) is 18.7 Å². The molecule has 4 rings (SSSR count). The molecular weight excluding hydrogens is 467 g/mol. The zero-order valence-corrected chi connectivity index (χ0v) is 20.0. The lowest BCUT2D eigenvalue weighted by atomic mass is 9.94. The van der Waals surface area contributed by atoms with Gasteiger partial charge in [-0.3, -0.25) is 4.79 Å². The molecule has 1 atom stereocenters. The first-order valence-corrected chi connectivity index (χ1v) is 11.6. The van der Waals surface area contributed by atoms with Crippen LogP contribution in [0.2, 0.25) is 0 Å². The van der Waals surface area contributed by atoms with Gasteiger partial charge in [0.1, 0.15) is 23.1 Å². The van der Waals surface area contributed by atoms with Crippen LogP contribution >= 0.6 is 0 Å². The third kappa shape index (κ3) is 6.04. The number of phenols is 1. The Kier molecular flexibility index (Phi) is 7.32. The summed E-state index contributed by atoms with van der Waals surface area (Å²) >= 11 is 0. The number of alkyl halides is 1. The van der Waals surface area contributed by atoms with Gasteiger partial charge in [-0.25, -0.2) is 18.2 Å². The molecule has 1 saturated heterocycles. The van der Waals surface area contributed by atoms with Crippen molar-refractivity contribution in [1.82, 2.24) is 15.2 Å². The minimum absolute atomic E-state index is 0.0265. The van der Waals surface area contributed by atoms with E-state index in [1.165, 1.54) is 36.4 Å². The molecule has 2 N–H and O–H groups in total. The molecule has 2 aromatic carbocycles. The minimum Gasteiger partial charge on any atom is -0.508 e. The van der Waals surface area contributed by atoms with E-state index in [1.807, 2.05) is 11.9 Å². The van der Waals surface area contributed by atoms with Crippen molar-refractivity contribution >= 4 is 5.91 Å². The molecule has 0 aliphatic carbocycles. The molecule has 2 heterocycles. The standard InChI is InChI=1S/C28H26F3N3O2/c1-18-15-19(9-10-28(31)11-13-34(2)14-12-28)16-24(32-18)27(36)33-26(20-3-5-21(29)6-4-20)23-17-22(30)7-8-25(23)35/h3-8,15-17,26,35H,11-14H2,1-2H3,(H,33,36). The SMILES string of the molecule is Cc1cc(C#CC2(F)CCN(C)CC2)cc(C(=O)NC(c2ccc(F)cc2)c2cc(F)ccc2O)n1. The zero-order chi connectivity index (χ0) is 25.9. The van der Waals surface area contributed by atoms with Gasteiger partial charge in [-0.15, -0.1) is 0 Å². The number of nitrogens with zero attached hydrogens (tertiary/aromatic N) is 2. The fraction of sp³-hybridized carbons (Fsp3) is 0.286. The molecular formula is C28H26F3N3O2. The number of pyridine rings is 1. The molecule has 1 aliphatic heterocycles. The lowest BCUT2D eigenvalue weighted by molar-refractivity contribution is 0.0937. The van der Waals surface area contributed by atoms with Crippen LogP contribution in [0.1, 0.15) is 51.8 Å². The van der Waals surface area contributed by atoms with E-state index < -0.39 is 29.3 Å². The number of aromatic hydroxyl groups is 1. The lowest BCUT2D eigenvalue weighted by Gasteiger charge is -2.30. The lowest BCUT2D eigenvalue weighted by Crippen LogP contribution is -2.38. The Balaban J connectivity index is 1.64. The zero-order valence-electron chi connectivity index (χ0n) is 20.0. The van der Waals surface area contributed by atoms with Crippen LogP contribution < -0.4 is 5.32 Å². The number of likely N-dealkylation sites (tertiary alicyclic amines) is 1. The van der Waals surface area contributed by atoms with Crippen LogP contribution in [-0.2, 0) is 0 Å². The number of carbonyl (C=O) groups excluding carboxylic acids is 1. The van der Waals surface area contributed by atoms with Crippen molar-refractivity contribution in [2.45, 2.75) is 31.5 Å². The number of benzene rings is 2. The number of phenolic OH excluding ortho intramolecular Hbond substituents is 1. The van der Waals surface area contributed by atoms with Crippen LogP contribution in [0.15, 0.2) is 54.6 Å². The highest BCUT2D eigenvalue weighted by Gasteiger charge is 2.31. The third-order valence-corrected chi connectivity index (χ3v) is 6.18. The van der Waals surface area contributed by atoms with E-state index in [0.717, 1.165) is 12.1 Å². The summed E-state index contributed by atoms with van der Waals surface area (Å²) in [7, 11) is 1.94. The van der Waals surface area contributed by atoms with E-state index in [-0.39, 0.29) is 17.0 Å². The Labute approximate surface area is 208 Å². The Morgan fingerprint density at radius 2 is 1.75 bits per heavy atom. The van der Waals surface area contributed by atoms with Gasteiger partial charge in [0, 0.05) is 42.8 Å². The van der Waals surface area contributed by atoms with Crippen molar-refractivity contribution in [3.8, 4) is 17.6 Å². The number of halogens is 3. The molecule has 3 aromatic rings. The summed E-state index contributed by atoms with van der Waals surface area (Å²) in [6.45, 7) is 2.93. The number of aryl methyl sites for hydroxylation is 1. The highest BCUT2D eigenvalue weighted by molar-refractivity contribution is 5.93. The summed E-state index contributed by atoms with van der Waals surface area (Å²) in [6.07, 6.45) is 0.620. The second kappa shape index (κ2) is 10.4. The van der Waals surface area contributed by atoms with Crippen LogP contribution in [0.4, 0.5) is 13.2 Å². The molecule has 1 aromatic heterocycles. The van der Waals surface area contributed by atoms with Gasteiger partial charge in [0.15, 0.2) is 5.67 Å². The average Bonchev–Trinajstić information content (AvgIpc) is 2.85. The number of hydrogen-bond acceptors (Lipinski definition) is 4. The second-order valence-corrected chi connectivity index (χ2v) is 9.06. The Morgan fingerprint density at radius 1 is 1.08 bits per heavy atom. The maximum absolute atomic E-state index is 15.1. The predicted octanol–water partition coefficient (Wildman–Crippen LogP) is 4.68. The summed E-state index contributed by atoms with van der Waals surface area (Å²) in [5.41, 5.74) is -0.0807. The van der Waals surface area contributed by atoms with Crippen LogP contribution in [0.3, 0.4) is 0 Å². The monoisotopic (exact) mass is 493 g/mol. The first-order valence-electron chi connectivity index (χ1n) is 11.6. The van der Waals surface area contributed by atoms with Gasteiger partial charge in [0.25, 0.3) is 5.91 Å². The van der Waals surface area contributed by atoms with Gasteiger partial charge < -0.3 is 15.3 Å². The molecule has 36 heavy (non-hydrogen) atoms. The Bertz CT molecular complexity index is 1320. The topological polar surface area (TPSA) is 65.5 Å². The number of aromatic nitrogens is 1. The van der Waals surface area contributed by atoms with Gasteiger partial charge in [-0.05, 0) is 62.0 Å². The maximum Gasteiger partial charge on any atom is 0.270 e. The molecule has 1 amide bonds. The van der Waals surface area contributed by atoms with Crippen molar-refractivity contribution in [3.63, 3.8) is 0 Å². The van der Waals surface area contributed by atoms with Crippen molar-refractivity contribution < 1.29 is 23.1 Å². The van der Waals surface area contributed by atoms with Gasteiger partial charge in [0.2, 0.25) is 0 Å². The molecule has 1 aliphatic rings. The molecule has 8 heteroatoms. The van der Waals surface area contributed by atoms with Crippen molar-refractivity contribution in [1.29, 1.82) is 0 Å². The third-order valence-electron chi connectivity index (χ3n) is 6.18. The first kappa shape index (κ1) is 25.3. The molecule has 186 valence electrons. The summed E-state index contributed by atoms with van der Waals surface area (Å²) in [5, 5.41) is 13.1. The van der Waals surface area contributed by atoms with Crippen LogP contribution in [0, 0.1) is 30.4 Å². The fourth-order valence-corrected chi connectivity index (χ4v) is 4.10. The summed E-state index contributed by atoms with van der Waals surface area (Å²) in [6, 6.07) is 10.8. The highest BCUT2D eigenvalue weighted by atomic mass is 19.1. The molecule has 5 nitrogen and oxygen atoms in total. The minimum atomic E-state index is -1.59. The smallest absolute Gasteiger partial charge is 0.270 e. The van der Waals surface area contributed by atoms with Crippen LogP contribution in [-0.4, -0.2) is 46.7 Å². The molecule has 1 unspecified atom stereocenters. The summed E-state index contributed by atoms with van der Waals surface area (Å²) < 4.78 is 42.6. The van der Waals surface area contributed by atoms with E-state index in [1.54, 1.807) is 13.0 Å². The number of hydrogen-bond donors (Lipinski definition) is 2. The molecule has 0 saturated carbocycles. The normalized spacial score (nSPS) is 16.0. The van der Waals surface area contributed by atoms with E-state index in [2.05, 4.69) is 22.1 Å². The average molecular weight is 494 g/mol. The van der Waals surface area contributed by atoms with Crippen LogP contribution in [0.25, 0.3) is 0 Å². The predicted molar refractivity (Wildman–Crippen MR) is 130 cm³/mol. The maximum atomic E-state index is 15.1. The fourth-order valence-electron chi connectivity index (χ4n) is 4.10. The summed E-state index contributed by atoms with van der Waals surface area (Å²) in [4.78, 5) is 19.5. The Morgan fingerprint density at radius 3 is 2.44 bits per heavy atom. The Hall–Kier alpha value is -3.83. The van der Waals surface area contributed by atoms with E-state index in [0.29, 0.717) is 42.8 Å². The van der Waals surface area contributed by atoms with Crippen molar-refractivity contribution in [3.05, 3.63) is 94.3 Å². The number of nitrogens with one attached hydrogen (secondary N) is 1. The molecule has 1 fully saturated rings. The number of rotatable bonds is 4. The number of piperidine rings is 1. The van der Waals surface area contributed by atoms with Crippen molar-refractivity contribution in [2.75, 3.05) is 20.1 Å². The van der Waals surface area contributed by atoms with Crippen molar-refractivity contribution in [2.24, 2.45) is 0 Å². The second-order valence-electron chi connectivity index (χ2n) is 9.06. The van der Waals surface area contributed by atoms with Gasteiger partial charge in [0.05, 0.1) is 6.04 Å². The first-order chi connectivity index (χ1) is 17.1. The molecule has 0 spiro atoms. The largest absolute Gasteiger partial charge is 0.508 e. The molecule has 0 bridgehead atoms. The van der Waals surface area contributed by atoms with Gasteiger partial charge in [-0.2, -0.15) is 0 Å². The van der Waals surface area contributed by atoms with E-state index >= 15 is 4.39 Å². The van der Waals surface area contributed by atoms with E-state index in [4.69, 9.17) is 0 Å². The van der Waals surface area contributed by atoms with Gasteiger partial charge >= 0.3 is 0 Å². The number of carbonyl (C=O) groups is 1. The highest BCUT2D eigenvalue weighted by Crippen LogP contribution is 2.31. The summed E-state index contributed by atoms with van der Waals surface area (Å²) in [5.74, 6) is 3.64. The van der Waals surface area contributed by atoms with Crippen LogP contribution in [0.5, 0.6) is 5.75 Å². The van der Waals surface area contributed by atoms with Gasteiger partial charge in [-0.1, -0.05) is 24.0 Å². The number of amides is 1.